The molecule has 4 bridgehead atoms. The van der Waals surface area contributed by atoms with Crippen LogP contribution in [0.3, 0.4) is 0 Å². The Morgan fingerprint density at radius 2 is 1.78 bits per heavy atom. The number of fused-ring (bicyclic) bond motifs is 1. The third kappa shape index (κ3) is 3.24. The van der Waals surface area contributed by atoms with Gasteiger partial charge < -0.3 is 10.1 Å². The van der Waals surface area contributed by atoms with Crippen LogP contribution in [-0.4, -0.2) is 23.4 Å². The minimum Gasteiger partial charge on any atom is -0.457 e. The summed E-state index contributed by atoms with van der Waals surface area (Å²) in [6, 6.07) is 7.86. The van der Waals surface area contributed by atoms with Crippen molar-refractivity contribution in [3.63, 3.8) is 0 Å². The molecule has 1 aromatic carbocycles. The lowest BCUT2D eigenvalue weighted by Crippen LogP contribution is -2.54. The summed E-state index contributed by atoms with van der Waals surface area (Å²) in [4.78, 5) is 29.4. The molecule has 0 saturated heterocycles. The Kier molecular flexibility index (Phi) is 4.19. The third-order valence-electron chi connectivity index (χ3n) is 6.61. The van der Waals surface area contributed by atoms with E-state index in [1.54, 1.807) is 0 Å². The van der Waals surface area contributed by atoms with E-state index in [0.717, 1.165) is 34.5 Å². The Labute approximate surface area is 162 Å². The molecule has 27 heavy (non-hydrogen) atoms. The number of hydrogen-bond donors (Lipinski definition) is 1. The molecule has 2 aromatic rings. The molecule has 4 aliphatic carbocycles. The minimum atomic E-state index is -0.396. The quantitative estimate of drug-likeness (QED) is 0.799. The first-order chi connectivity index (χ1) is 13.1. The SMILES string of the molecule is O=C(CNC(=O)C12CC3CC(CC(C3)C1)C2)OCc1nc2ccccc2s1. The lowest BCUT2D eigenvalue weighted by molar-refractivity contribution is -0.151. The largest absolute Gasteiger partial charge is 0.457 e. The van der Waals surface area contributed by atoms with E-state index >= 15 is 0 Å². The molecular formula is C21H24N2O3S. The standard InChI is InChI=1S/C21H24N2O3S/c24-19(26-12-18-23-16-3-1-2-4-17(16)27-18)11-22-20(25)21-8-13-5-14(9-21)7-15(6-13)10-21/h1-4,13-15H,5-12H2,(H,22,25). The molecule has 0 aliphatic heterocycles. The predicted octanol–water partition coefficient (Wildman–Crippen LogP) is 3.67. The van der Waals surface area contributed by atoms with E-state index in [1.165, 1.54) is 30.6 Å². The van der Waals surface area contributed by atoms with E-state index in [-0.39, 0.29) is 24.5 Å². The Bertz CT molecular complexity index is 822. The van der Waals surface area contributed by atoms with Gasteiger partial charge in [0.25, 0.3) is 0 Å². The summed E-state index contributed by atoms with van der Waals surface area (Å²) in [5, 5.41) is 3.65. The summed E-state index contributed by atoms with van der Waals surface area (Å²) in [5.41, 5.74) is 0.700. The maximum absolute atomic E-state index is 12.9. The van der Waals surface area contributed by atoms with Crippen molar-refractivity contribution in [2.45, 2.75) is 45.1 Å². The summed E-state index contributed by atoms with van der Waals surface area (Å²) in [5.74, 6) is 1.82. The highest BCUT2D eigenvalue weighted by Gasteiger charge is 2.54. The molecule has 6 rings (SSSR count). The summed E-state index contributed by atoms with van der Waals surface area (Å²) in [7, 11) is 0. The van der Waals surface area contributed by atoms with Gasteiger partial charge in [0, 0.05) is 5.41 Å². The first-order valence-corrected chi connectivity index (χ1v) is 10.7. The van der Waals surface area contributed by atoms with Crippen LogP contribution in [0.15, 0.2) is 24.3 Å². The summed E-state index contributed by atoms with van der Waals surface area (Å²) >= 11 is 1.53. The number of amides is 1. The molecule has 1 aromatic heterocycles. The normalized spacial score (nSPS) is 31.2. The Hall–Kier alpha value is -1.95. The van der Waals surface area contributed by atoms with Gasteiger partial charge in [0.2, 0.25) is 5.91 Å². The second-order valence-corrected chi connectivity index (χ2v) is 9.73. The number of benzene rings is 1. The van der Waals surface area contributed by atoms with Crippen LogP contribution in [0.4, 0.5) is 0 Å². The van der Waals surface area contributed by atoms with Crippen LogP contribution in [0.1, 0.15) is 43.5 Å². The number of carbonyl (C=O) groups excluding carboxylic acids is 2. The highest BCUT2D eigenvalue weighted by molar-refractivity contribution is 7.18. The number of aromatic nitrogens is 1. The van der Waals surface area contributed by atoms with Crippen molar-refractivity contribution in [3.8, 4) is 0 Å². The molecule has 0 radical (unpaired) electrons. The third-order valence-corrected chi connectivity index (χ3v) is 7.62. The van der Waals surface area contributed by atoms with Crippen LogP contribution in [0.25, 0.3) is 10.2 Å². The average molecular weight is 385 g/mol. The number of nitrogens with one attached hydrogen (secondary N) is 1. The van der Waals surface area contributed by atoms with Gasteiger partial charge in [-0.25, -0.2) is 4.98 Å². The summed E-state index contributed by atoms with van der Waals surface area (Å²) < 4.78 is 6.40. The molecule has 0 unspecified atom stereocenters. The van der Waals surface area contributed by atoms with Crippen molar-refractivity contribution in [1.29, 1.82) is 0 Å². The zero-order valence-corrected chi connectivity index (χ0v) is 16.1. The highest BCUT2D eigenvalue weighted by Crippen LogP contribution is 2.60. The molecule has 4 aliphatic rings. The molecular weight excluding hydrogens is 360 g/mol. The van der Waals surface area contributed by atoms with Gasteiger partial charge in [0.1, 0.15) is 18.2 Å². The maximum atomic E-state index is 12.9. The number of para-hydroxylation sites is 1. The lowest BCUT2D eigenvalue weighted by atomic mass is 9.49. The molecule has 1 N–H and O–H groups in total. The van der Waals surface area contributed by atoms with Crippen LogP contribution >= 0.6 is 11.3 Å². The number of nitrogens with zero attached hydrogens (tertiary/aromatic N) is 1. The van der Waals surface area contributed by atoms with Gasteiger partial charge in [-0.3, -0.25) is 9.59 Å². The number of rotatable bonds is 5. The second kappa shape index (κ2) is 6.59. The van der Waals surface area contributed by atoms with Crippen LogP contribution < -0.4 is 5.32 Å². The summed E-state index contributed by atoms with van der Waals surface area (Å²) in [6.45, 7) is 0.108. The van der Waals surface area contributed by atoms with E-state index in [0.29, 0.717) is 17.8 Å². The second-order valence-electron chi connectivity index (χ2n) is 8.62. The predicted molar refractivity (Wildman–Crippen MR) is 103 cm³/mol. The number of thiazole rings is 1. The average Bonchev–Trinajstić information content (AvgIpc) is 3.06. The first kappa shape index (κ1) is 17.2. The van der Waals surface area contributed by atoms with E-state index in [1.807, 2.05) is 24.3 Å². The van der Waals surface area contributed by atoms with Crippen LogP contribution in [0.5, 0.6) is 0 Å². The Morgan fingerprint density at radius 3 is 2.44 bits per heavy atom. The Morgan fingerprint density at radius 1 is 1.11 bits per heavy atom. The molecule has 142 valence electrons. The van der Waals surface area contributed by atoms with Gasteiger partial charge in [0.15, 0.2) is 0 Å². The number of esters is 1. The molecule has 0 atom stereocenters. The fourth-order valence-corrected chi connectivity index (χ4v) is 6.78. The van der Waals surface area contributed by atoms with Crippen molar-refractivity contribution in [2.24, 2.45) is 23.2 Å². The van der Waals surface area contributed by atoms with Gasteiger partial charge in [-0.1, -0.05) is 12.1 Å². The smallest absolute Gasteiger partial charge is 0.325 e. The lowest BCUT2D eigenvalue weighted by Gasteiger charge is -2.55. The molecule has 0 spiro atoms. The van der Waals surface area contributed by atoms with Crippen LogP contribution in [-0.2, 0) is 20.9 Å². The monoisotopic (exact) mass is 384 g/mol. The molecule has 1 amide bonds. The van der Waals surface area contributed by atoms with Crippen molar-refractivity contribution in [1.82, 2.24) is 10.3 Å². The van der Waals surface area contributed by atoms with E-state index < -0.39 is 5.97 Å². The van der Waals surface area contributed by atoms with Gasteiger partial charge in [-0.15, -0.1) is 11.3 Å². The van der Waals surface area contributed by atoms with Crippen molar-refractivity contribution < 1.29 is 14.3 Å². The van der Waals surface area contributed by atoms with Gasteiger partial charge in [-0.05, 0) is 68.4 Å². The molecule has 4 fully saturated rings. The topological polar surface area (TPSA) is 68.3 Å². The maximum Gasteiger partial charge on any atom is 0.325 e. The van der Waals surface area contributed by atoms with Crippen LogP contribution in [0, 0.1) is 23.2 Å². The number of hydrogen-bond acceptors (Lipinski definition) is 5. The molecule has 6 heteroatoms. The van der Waals surface area contributed by atoms with Crippen LogP contribution in [0.2, 0.25) is 0 Å². The van der Waals surface area contributed by atoms with E-state index in [2.05, 4.69) is 10.3 Å². The highest BCUT2D eigenvalue weighted by atomic mass is 32.1. The fraction of sp³-hybridized carbons (Fsp3) is 0.571. The number of ether oxygens (including phenoxy) is 1. The van der Waals surface area contributed by atoms with Gasteiger partial charge in [0.05, 0.1) is 10.2 Å². The summed E-state index contributed by atoms with van der Waals surface area (Å²) in [6.07, 6.45) is 6.92. The molecule has 1 heterocycles. The zero-order chi connectivity index (χ0) is 18.4. The molecule has 5 nitrogen and oxygen atoms in total. The minimum absolute atomic E-state index is 0.0501. The van der Waals surface area contributed by atoms with Crippen molar-refractivity contribution in [2.75, 3.05) is 6.54 Å². The zero-order valence-electron chi connectivity index (χ0n) is 15.3. The van der Waals surface area contributed by atoms with Crippen molar-refractivity contribution >= 4 is 33.4 Å². The molecule has 4 saturated carbocycles. The number of carbonyl (C=O) groups is 2. The van der Waals surface area contributed by atoms with Crippen molar-refractivity contribution in [3.05, 3.63) is 29.3 Å². The fourth-order valence-electron chi connectivity index (χ4n) is 5.90. The Balaban J connectivity index is 1.14. The first-order valence-electron chi connectivity index (χ1n) is 9.88. The van der Waals surface area contributed by atoms with E-state index in [9.17, 15) is 9.59 Å². The van der Waals surface area contributed by atoms with Gasteiger partial charge in [-0.2, -0.15) is 0 Å². The van der Waals surface area contributed by atoms with Gasteiger partial charge >= 0.3 is 5.97 Å². The van der Waals surface area contributed by atoms with E-state index in [4.69, 9.17) is 4.74 Å².